The summed E-state index contributed by atoms with van der Waals surface area (Å²) in [5.74, 6) is -0.884. The van der Waals surface area contributed by atoms with Gasteiger partial charge in [-0.3, -0.25) is 4.79 Å². The highest BCUT2D eigenvalue weighted by molar-refractivity contribution is 7.11. The number of amides is 2. The van der Waals surface area contributed by atoms with Crippen molar-refractivity contribution < 1.29 is 19.4 Å². The molecule has 0 radical (unpaired) electrons. The van der Waals surface area contributed by atoms with Gasteiger partial charge in [-0.05, 0) is 57.6 Å². The number of thiazole rings is 1. The molecule has 0 saturated heterocycles. The third-order valence-corrected chi connectivity index (χ3v) is 7.58. The quantitative estimate of drug-likeness (QED) is 0.289. The molecule has 0 aliphatic rings. The summed E-state index contributed by atoms with van der Waals surface area (Å²) in [6.45, 7) is 7.35. The van der Waals surface area contributed by atoms with Crippen LogP contribution >= 0.6 is 11.3 Å². The lowest BCUT2D eigenvalue weighted by molar-refractivity contribution is -0.119. The molecule has 1 unspecified atom stereocenters. The van der Waals surface area contributed by atoms with E-state index in [1.165, 1.54) is 11.3 Å². The third kappa shape index (κ3) is 8.96. The molecule has 2 amide bonds. The molecular formula is C30H39N3O4S. The van der Waals surface area contributed by atoms with E-state index in [-0.39, 0.29) is 17.7 Å². The van der Waals surface area contributed by atoms with E-state index in [0.29, 0.717) is 25.7 Å². The number of primary amides is 1. The number of hydrogen-bond donors (Lipinski definition) is 3. The van der Waals surface area contributed by atoms with E-state index < -0.39 is 23.8 Å². The minimum absolute atomic E-state index is 0.129. The van der Waals surface area contributed by atoms with Gasteiger partial charge in [-0.25, -0.2) is 9.78 Å². The van der Waals surface area contributed by atoms with Crippen molar-refractivity contribution in [3.05, 3.63) is 87.9 Å². The Kier molecular flexibility index (Phi) is 10.4. The molecule has 7 nitrogen and oxygen atoms in total. The largest absolute Gasteiger partial charge is 0.444 e. The molecule has 0 spiro atoms. The second kappa shape index (κ2) is 13.5. The van der Waals surface area contributed by atoms with Crippen LogP contribution in [0.1, 0.15) is 73.4 Å². The molecule has 3 aromatic rings. The van der Waals surface area contributed by atoms with Crippen LogP contribution in [0.25, 0.3) is 0 Å². The Balaban J connectivity index is 1.87. The van der Waals surface area contributed by atoms with Gasteiger partial charge in [0.25, 0.3) is 0 Å². The van der Waals surface area contributed by atoms with E-state index in [2.05, 4.69) is 10.3 Å². The summed E-state index contributed by atoms with van der Waals surface area (Å²) in [5, 5.41) is 15.2. The van der Waals surface area contributed by atoms with E-state index in [1.807, 2.05) is 67.6 Å². The zero-order valence-electron chi connectivity index (χ0n) is 22.6. The number of aliphatic hydroxyl groups is 1. The van der Waals surface area contributed by atoms with E-state index in [1.54, 1.807) is 27.0 Å². The second-order valence-electron chi connectivity index (χ2n) is 10.6. The molecule has 204 valence electrons. The van der Waals surface area contributed by atoms with Gasteiger partial charge in [-0.15, -0.1) is 11.3 Å². The van der Waals surface area contributed by atoms with Crippen LogP contribution in [0.4, 0.5) is 4.79 Å². The minimum Gasteiger partial charge on any atom is -0.444 e. The van der Waals surface area contributed by atoms with Crippen LogP contribution in [-0.2, 0) is 22.4 Å². The molecular weight excluding hydrogens is 498 g/mol. The molecule has 0 aliphatic heterocycles. The Bertz CT molecular complexity index is 1160. The summed E-state index contributed by atoms with van der Waals surface area (Å²) in [5.41, 5.74) is 7.07. The number of alkyl carbamates (subject to hydrolysis) is 1. The van der Waals surface area contributed by atoms with Crippen LogP contribution in [0.2, 0.25) is 0 Å². The molecule has 3 rings (SSSR count). The Morgan fingerprint density at radius 3 is 2.13 bits per heavy atom. The van der Waals surface area contributed by atoms with Gasteiger partial charge in [0.2, 0.25) is 5.91 Å². The topological polar surface area (TPSA) is 115 Å². The highest BCUT2D eigenvalue weighted by atomic mass is 32.1. The first-order valence-electron chi connectivity index (χ1n) is 13.1. The number of nitrogens with one attached hydrogen (secondary N) is 1. The summed E-state index contributed by atoms with van der Waals surface area (Å²) >= 11 is 1.47. The van der Waals surface area contributed by atoms with Gasteiger partial charge in [0.15, 0.2) is 0 Å². The second-order valence-corrected chi connectivity index (χ2v) is 11.7. The fourth-order valence-corrected chi connectivity index (χ4v) is 5.65. The summed E-state index contributed by atoms with van der Waals surface area (Å²) in [6, 6.07) is 19.2. The highest BCUT2D eigenvalue weighted by Gasteiger charge is 2.30. The average molecular weight is 538 g/mol. The van der Waals surface area contributed by atoms with Gasteiger partial charge in [0.1, 0.15) is 5.60 Å². The SMILES string of the molecule is CC[C@H](C(N)=O)c1cnc(C(Cc2ccccc2)C[C@H](O)[C@H](Cc2ccccc2)NC(=O)OC(C)(C)C)s1. The van der Waals surface area contributed by atoms with Gasteiger partial charge in [-0.1, -0.05) is 67.6 Å². The van der Waals surface area contributed by atoms with Crippen molar-refractivity contribution in [2.24, 2.45) is 5.73 Å². The minimum atomic E-state index is -0.873. The first-order chi connectivity index (χ1) is 18.1. The number of ether oxygens (including phenoxy) is 1. The number of carbonyl (C=O) groups is 2. The Morgan fingerprint density at radius 2 is 1.61 bits per heavy atom. The van der Waals surface area contributed by atoms with E-state index >= 15 is 0 Å². The van der Waals surface area contributed by atoms with Crippen LogP contribution in [0, 0.1) is 0 Å². The van der Waals surface area contributed by atoms with Crippen LogP contribution in [0.5, 0.6) is 0 Å². The maximum Gasteiger partial charge on any atom is 0.407 e. The standard InChI is InChI=1S/C30H39N3O4S/c1-5-23(27(31)35)26-19-32-28(38-26)22(16-20-12-8-6-9-13-20)18-25(34)24(17-21-14-10-7-11-15-21)33-29(36)37-30(2,3)4/h6-15,19,22-25,34H,5,16-18H2,1-4H3,(H2,31,35)(H,33,36)/t22?,23-,24-,25-/m0/s1. The normalized spacial score (nSPS) is 14.8. The molecule has 4 N–H and O–H groups in total. The van der Waals surface area contributed by atoms with Crippen molar-refractivity contribution in [3.8, 4) is 0 Å². The third-order valence-electron chi connectivity index (χ3n) is 6.30. The molecule has 0 aliphatic carbocycles. The maximum atomic E-state index is 12.7. The van der Waals surface area contributed by atoms with Crippen LogP contribution in [0.15, 0.2) is 66.9 Å². The van der Waals surface area contributed by atoms with Gasteiger partial charge >= 0.3 is 6.09 Å². The number of benzene rings is 2. The molecule has 1 heterocycles. The van der Waals surface area contributed by atoms with Gasteiger partial charge in [0, 0.05) is 17.0 Å². The average Bonchev–Trinajstić information content (AvgIpc) is 3.33. The molecule has 2 aromatic carbocycles. The molecule has 0 saturated carbocycles. The van der Waals surface area contributed by atoms with E-state index in [4.69, 9.17) is 10.5 Å². The summed E-state index contributed by atoms with van der Waals surface area (Å²) in [6.07, 6.45) is 2.35. The number of hydrogen-bond acceptors (Lipinski definition) is 6. The highest BCUT2D eigenvalue weighted by Crippen LogP contribution is 2.34. The molecule has 0 bridgehead atoms. The predicted molar refractivity (Wildman–Crippen MR) is 151 cm³/mol. The van der Waals surface area contributed by atoms with Crippen molar-refractivity contribution in [2.75, 3.05) is 0 Å². The number of aromatic nitrogens is 1. The molecule has 8 heteroatoms. The first kappa shape index (κ1) is 29.3. The number of nitrogens with zero attached hydrogens (tertiary/aromatic N) is 1. The number of carbonyl (C=O) groups excluding carboxylic acids is 2. The summed E-state index contributed by atoms with van der Waals surface area (Å²) in [7, 11) is 0. The van der Waals surface area contributed by atoms with Crippen molar-refractivity contribution in [2.45, 2.75) is 83.0 Å². The van der Waals surface area contributed by atoms with Crippen LogP contribution < -0.4 is 11.1 Å². The van der Waals surface area contributed by atoms with E-state index in [9.17, 15) is 14.7 Å². The first-order valence-corrected chi connectivity index (χ1v) is 13.9. The summed E-state index contributed by atoms with van der Waals surface area (Å²) < 4.78 is 5.49. The zero-order chi connectivity index (χ0) is 27.7. The lowest BCUT2D eigenvalue weighted by atomic mass is 9.89. The fourth-order valence-electron chi connectivity index (χ4n) is 4.43. The number of nitrogens with two attached hydrogens (primary N) is 1. The Morgan fingerprint density at radius 1 is 1.03 bits per heavy atom. The van der Waals surface area contributed by atoms with Crippen molar-refractivity contribution in [3.63, 3.8) is 0 Å². The molecule has 4 atom stereocenters. The van der Waals surface area contributed by atoms with E-state index in [0.717, 1.165) is 21.0 Å². The molecule has 38 heavy (non-hydrogen) atoms. The number of aliphatic hydroxyl groups excluding tert-OH is 1. The van der Waals surface area contributed by atoms with Crippen LogP contribution in [-0.4, -0.2) is 39.8 Å². The number of rotatable bonds is 12. The van der Waals surface area contributed by atoms with Crippen molar-refractivity contribution >= 4 is 23.3 Å². The molecule has 0 fully saturated rings. The zero-order valence-corrected chi connectivity index (χ0v) is 23.4. The smallest absolute Gasteiger partial charge is 0.407 e. The van der Waals surface area contributed by atoms with Crippen molar-refractivity contribution in [1.29, 1.82) is 0 Å². The lowest BCUT2D eigenvalue weighted by Gasteiger charge is -2.29. The Hall–Kier alpha value is -3.23. The monoisotopic (exact) mass is 537 g/mol. The predicted octanol–water partition coefficient (Wildman–Crippen LogP) is 5.34. The lowest BCUT2D eigenvalue weighted by Crippen LogP contribution is -2.47. The maximum absolute atomic E-state index is 12.7. The van der Waals surface area contributed by atoms with Crippen molar-refractivity contribution in [1.82, 2.24) is 10.3 Å². The van der Waals surface area contributed by atoms with Gasteiger partial charge in [0.05, 0.1) is 23.1 Å². The van der Waals surface area contributed by atoms with Gasteiger partial charge < -0.3 is 20.9 Å². The molecule has 1 aromatic heterocycles. The van der Waals surface area contributed by atoms with Crippen LogP contribution in [0.3, 0.4) is 0 Å². The Labute approximate surface area is 229 Å². The fraction of sp³-hybridized carbons (Fsp3) is 0.433. The summed E-state index contributed by atoms with van der Waals surface area (Å²) in [4.78, 5) is 30.1. The van der Waals surface area contributed by atoms with Gasteiger partial charge in [-0.2, -0.15) is 0 Å².